The van der Waals surface area contributed by atoms with Crippen molar-refractivity contribution < 1.29 is 18.9 Å². The van der Waals surface area contributed by atoms with Gasteiger partial charge in [0.05, 0.1) is 0 Å². The molecule has 76 valence electrons. The summed E-state index contributed by atoms with van der Waals surface area (Å²) in [5, 5.41) is 0. The van der Waals surface area contributed by atoms with Crippen LogP contribution in [0.15, 0.2) is 54.6 Å². The van der Waals surface area contributed by atoms with Crippen LogP contribution in [0.1, 0.15) is 17.5 Å². The predicted molar refractivity (Wildman–Crippen MR) is 63.7 cm³/mol. The smallest absolute Gasteiger partial charge is 0.184 e. The Hall–Kier alpha value is -0.963. The molecule has 0 amide bonds. The van der Waals surface area contributed by atoms with Crippen LogP contribution in [0.5, 0.6) is 0 Å². The van der Waals surface area contributed by atoms with Crippen LogP contribution in [0, 0.1) is 6.07 Å². The molecule has 0 N–H and O–H groups in total. The summed E-state index contributed by atoms with van der Waals surface area (Å²) in [6, 6.07) is 22.0. The maximum Gasteiger partial charge on any atom is 1.00 e. The van der Waals surface area contributed by atoms with Crippen molar-refractivity contribution in [2.75, 3.05) is 0 Å². The van der Waals surface area contributed by atoms with E-state index in [0.717, 1.165) is 6.42 Å². The van der Waals surface area contributed by atoms with Gasteiger partial charge in [0.25, 0.3) is 0 Å². The average Bonchev–Trinajstić information content (AvgIpc) is 2.32. The van der Waals surface area contributed by atoms with Gasteiger partial charge in [0.1, 0.15) is 0 Å². The van der Waals surface area contributed by atoms with E-state index < -0.39 is 0 Å². The van der Waals surface area contributed by atoms with Gasteiger partial charge in [-0.2, -0.15) is 35.9 Å². The molecular weight excluding hydrogens is 187 g/mol. The molecule has 2 aromatic rings. The Kier molecular flexibility index (Phi) is 6.01. The van der Waals surface area contributed by atoms with Crippen molar-refractivity contribution in [3.05, 3.63) is 71.8 Å². The van der Waals surface area contributed by atoms with E-state index in [9.17, 15) is 0 Å². The fourth-order valence-electron chi connectivity index (χ4n) is 1.73. The van der Waals surface area contributed by atoms with Gasteiger partial charge in [-0.3, -0.25) is 0 Å². The summed E-state index contributed by atoms with van der Waals surface area (Å²) in [6.45, 7) is 0. The van der Waals surface area contributed by atoms with E-state index in [2.05, 4.69) is 48.5 Å². The van der Waals surface area contributed by atoms with Crippen molar-refractivity contribution in [3.8, 4) is 0 Å². The van der Waals surface area contributed by atoms with Crippen LogP contribution >= 0.6 is 0 Å². The number of benzene rings is 2. The number of aryl methyl sites for hydroxylation is 2. The van der Waals surface area contributed by atoms with Crippen molar-refractivity contribution in [3.63, 3.8) is 0 Å². The maximum atomic E-state index is 3.04. The summed E-state index contributed by atoms with van der Waals surface area (Å²) in [4.78, 5) is 0. The van der Waals surface area contributed by atoms with E-state index in [4.69, 9.17) is 0 Å². The van der Waals surface area contributed by atoms with Gasteiger partial charge in [-0.25, -0.2) is 0 Å². The minimum absolute atomic E-state index is 0. The molecule has 0 saturated heterocycles. The summed E-state index contributed by atoms with van der Waals surface area (Å²) in [6.07, 6.45) is 3.54. The zero-order valence-electron chi connectivity index (χ0n) is 9.82. The van der Waals surface area contributed by atoms with Gasteiger partial charge in [-0.05, 0) is 18.4 Å². The van der Waals surface area contributed by atoms with E-state index >= 15 is 0 Å². The van der Waals surface area contributed by atoms with Crippen molar-refractivity contribution >= 4 is 0 Å². The summed E-state index contributed by atoms with van der Waals surface area (Å²) in [5.41, 5.74) is 2.84. The molecule has 0 aliphatic heterocycles. The van der Waals surface area contributed by atoms with Gasteiger partial charge >= 0.3 is 18.9 Å². The monoisotopic (exact) mass is 202 g/mol. The molecule has 0 bridgehead atoms. The Morgan fingerprint density at radius 3 is 1.94 bits per heavy atom. The summed E-state index contributed by atoms with van der Waals surface area (Å²) < 4.78 is 0. The maximum absolute atomic E-state index is 3.04. The molecule has 0 aliphatic rings. The normalized spacial score (nSPS) is 9.50. The zero-order valence-corrected chi connectivity index (χ0v) is 9.82. The van der Waals surface area contributed by atoms with Crippen LogP contribution in [0.3, 0.4) is 0 Å². The van der Waals surface area contributed by atoms with E-state index in [1.54, 1.807) is 0 Å². The summed E-state index contributed by atoms with van der Waals surface area (Å²) in [7, 11) is 0. The minimum atomic E-state index is 0. The standard InChI is InChI=1S/C15H15.Li/c1-3-8-14(9-4-1)12-7-13-15-10-5-2-6-11-15;/h1,3-6,8-11H,7,12-13H2;/q-1;+1. The first-order chi connectivity index (χ1) is 7.45. The van der Waals surface area contributed by atoms with Crippen LogP contribution in [0.25, 0.3) is 0 Å². The first kappa shape index (κ1) is 13.1. The second-order valence-corrected chi connectivity index (χ2v) is 3.75. The SMILES string of the molecule is [Li+].[c-]1ccc(CCCc2ccccc2)cc1. The van der Waals surface area contributed by atoms with Crippen LogP contribution in [-0.2, 0) is 12.8 Å². The number of hydrogen-bond acceptors (Lipinski definition) is 0. The molecule has 1 heteroatoms. The van der Waals surface area contributed by atoms with Crippen LogP contribution < -0.4 is 18.9 Å². The van der Waals surface area contributed by atoms with Crippen molar-refractivity contribution in [2.45, 2.75) is 19.3 Å². The Balaban J connectivity index is 0.00000128. The second kappa shape index (κ2) is 7.33. The molecule has 0 unspecified atom stereocenters. The molecule has 0 aromatic heterocycles. The second-order valence-electron chi connectivity index (χ2n) is 3.75. The Morgan fingerprint density at radius 1 is 0.750 bits per heavy atom. The van der Waals surface area contributed by atoms with Gasteiger partial charge in [-0.15, -0.1) is 0 Å². The molecule has 0 spiro atoms. The van der Waals surface area contributed by atoms with Gasteiger partial charge in [0.15, 0.2) is 0 Å². The van der Waals surface area contributed by atoms with Crippen molar-refractivity contribution in [1.29, 1.82) is 0 Å². The summed E-state index contributed by atoms with van der Waals surface area (Å²) >= 11 is 0. The number of rotatable bonds is 4. The molecular formula is C15H15Li. The fourth-order valence-corrected chi connectivity index (χ4v) is 1.73. The molecule has 0 aliphatic carbocycles. The summed E-state index contributed by atoms with van der Waals surface area (Å²) in [5.74, 6) is 0. The minimum Gasteiger partial charge on any atom is -0.184 e. The van der Waals surface area contributed by atoms with E-state index in [1.165, 1.54) is 24.0 Å². The molecule has 2 rings (SSSR count). The first-order valence-electron chi connectivity index (χ1n) is 5.44. The molecule has 0 saturated carbocycles. The van der Waals surface area contributed by atoms with Crippen molar-refractivity contribution in [2.24, 2.45) is 0 Å². The zero-order chi connectivity index (χ0) is 10.3. The fraction of sp³-hybridized carbons (Fsp3) is 0.200. The van der Waals surface area contributed by atoms with E-state index in [0.29, 0.717) is 0 Å². The largest absolute Gasteiger partial charge is 1.00 e. The molecule has 0 heterocycles. The van der Waals surface area contributed by atoms with E-state index in [1.807, 2.05) is 12.1 Å². The van der Waals surface area contributed by atoms with Gasteiger partial charge in [0, 0.05) is 0 Å². The molecule has 0 fully saturated rings. The van der Waals surface area contributed by atoms with Crippen molar-refractivity contribution in [1.82, 2.24) is 0 Å². The molecule has 16 heavy (non-hydrogen) atoms. The third-order valence-electron chi connectivity index (χ3n) is 2.56. The van der Waals surface area contributed by atoms with Crippen LogP contribution in [0.4, 0.5) is 0 Å². The molecule has 0 atom stereocenters. The Bertz CT molecular complexity index is 341. The van der Waals surface area contributed by atoms with Crippen LogP contribution in [-0.4, -0.2) is 0 Å². The Morgan fingerprint density at radius 2 is 1.31 bits per heavy atom. The number of hydrogen-bond donors (Lipinski definition) is 0. The van der Waals surface area contributed by atoms with E-state index in [-0.39, 0.29) is 18.9 Å². The Labute approximate surface area is 110 Å². The van der Waals surface area contributed by atoms with Gasteiger partial charge < -0.3 is 0 Å². The first-order valence-corrected chi connectivity index (χ1v) is 5.44. The third-order valence-corrected chi connectivity index (χ3v) is 2.56. The van der Waals surface area contributed by atoms with Crippen LogP contribution in [0.2, 0.25) is 0 Å². The molecule has 0 radical (unpaired) electrons. The van der Waals surface area contributed by atoms with Gasteiger partial charge in [-0.1, -0.05) is 36.8 Å². The quantitative estimate of drug-likeness (QED) is 0.505. The molecule has 2 aromatic carbocycles. The molecule has 0 nitrogen and oxygen atoms in total. The average molecular weight is 202 g/mol. The van der Waals surface area contributed by atoms with Gasteiger partial charge in [0.2, 0.25) is 0 Å². The predicted octanol–water partition coefficient (Wildman–Crippen LogP) is 0.666. The third kappa shape index (κ3) is 4.27. The topological polar surface area (TPSA) is 0 Å².